The minimum atomic E-state index is -0.939. The largest absolute Gasteiger partial charge is 0.394 e. The molecular formula is C7H12O5. The van der Waals surface area contributed by atoms with Crippen LogP contribution in [0.4, 0.5) is 0 Å². The van der Waals surface area contributed by atoms with E-state index >= 15 is 0 Å². The van der Waals surface area contributed by atoms with Gasteiger partial charge in [0.15, 0.2) is 5.78 Å². The van der Waals surface area contributed by atoms with Gasteiger partial charge in [-0.05, 0) is 0 Å². The molecule has 12 heavy (non-hydrogen) atoms. The molecule has 0 aromatic heterocycles. The predicted octanol–water partition coefficient (Wildman–Crippen LogP) is -1.33. The van der Waals surface area contributed by atoms with Crippen molar-refractivity contribution in [3.8, 4) is 0 Å². The topological polar surface area (TPSA) is 76.0 Å². The van der Waals surface area contributed by atoms with Crippen molar-refractivity contribution in [1.29, 1.82) is 0 Å². The molecule has 0 saturated carbocycles. The first-order valence-corrected chi connectivity index (χ1v) is 3.69. The Kier molecular flexibility index (Phi) is 3.16. The average Bonchev–Trinajstić information content (AvgIpc) is 2.05. The van der Waals surface area contributed by atoms with Crippen LogP contribution in [0, 0.1) is 0 Å². The Morgan fingerprint density at radius 1 is 1.75 bits per heavy atom. The van der Waals surface area contributed by atoms with Crippen molar-refractivity contribution in [3.05, 3.63) is 0 Å². The van der Waals surface area contributed by atoms with E-state index in [9.17, 15) is 9.90 Å². The summed E-state index contributed by atoms with van der Waals surface area (Å²) in [5.41, 5.74) is 0. The van der Waals surface area contributed by atoms with Crippen molar-refractivity contribution in [2.24, 2.45) is 0 Å². The summed E-state index contributed by atoms with van der Waals surface area (Å²) in [6, 6.07) is 0. The van der Waals surface area contributed by atoms with Crippen molar-refractivity contribution < 1.29 is 24.5 Å². The zero-order valence-corrected chi connectivity index (χ0v) is 6.77. The van der Waals surface area contributed by atoms with Crippen LogP contribution in [0.1, 0.15) is 6.42 Å². The monoisotopic (exact) mass is 176 g/mol. The molecule has 0 radical (unpaired) electrons. The number of carbonyl (C=O) groups is 1. The van der Waals surface area contributed by atoms with Crippen LogP contribution in [0.25, 0.3) is 0 Å². The molecule has 0 amide bonds. The molecule has 1 aliphatic heterocycles. The zero-order chi connectivity index (χ0) is 9.14. The standard InChI is InChI=1S/C7H12O5/c1-11-7-5(10)2-4(9)6(3-8)12-7/h4,6-9H,2-3H2,1H3/t4-,6-,7-/m1/s1. The quantitative estimate of drug-likeness (QED) is 0.545. The smallest absolute Gasteiger partial charge is 0.218 e. The zero-order valence-electron chi connectivity index (χ0n) is 6.77. The van der Waals surface area contributed by atoms with Gasteiger partial charge in [0.25, 0.3) is 0 Å². The second kappa shape index (κ2) is 3.95. The molecule has 1 fully saturated rings. The molecule has 5 heteroatoms. The predicted molar refractivity (Wildman–Crippen MR) is 38.4 cm³/mol. The van der Waals surface area contributed by atoms with Gasteiger partial charge in [0.2, 0.25) is 6.29 Å². The number of aliphatic hydroxyl groups is 2. The van der Waals surface area contributed by atoms with E-state index in [-0.39, 0.29) is 18.8 Å². The summed E-state index contributed by atoms with van der Waals surface area (Å²) in [4.78, 5) is 11.0. The highest BCUT2D eigenvalue weighted by Gasteiger charge is 2.35. The lowest BCUT2D eigenvalue weighted by atomic mass is 10.0. The van der Waals surface area contributed by atoms with Crippen molar-refractivity contribution >= 4 is 5.78 Å². The van der Waals surface area contributed by atoms with Gasteiger partial charge in [-0.2, -0.15) is 0 Å². The van der Waals surface area contributed by atoms with Crippen LogP contribution in [-0.2, 0) is 14.3 Å². The second-order valence-electron chi connectivity index (χ2n) is 2.66. The summed E-state index contributed by atoms with van der Waals surface area (Å²) in [6.45, 7) is -0.311. The Bertz CT molecular complexity index is 169. The molecule has 0 aliphatic carbocycles. The van der Waals surface area contributed by atoms with Crippen molar-refractivity contribution in [1.82, 2.24) is 0 Å². The molecule has 0 aromatic rings. The van der Waals surface area contributed by atoms with Crippen LogP contribution in [0.5, 0.6) is 0 Å². The molecule has 70 valence electrons. The van der Waals surface area contributed by atoms with Crippen LogP contribution in [0.2, 0.25) is 0 Å². The van der Waals surface area contributed by atoms with Crippen molar-refractivity contribution in [3.63, 3.8) is 0 Å². The van der Waals surface area contributed by atoms with Gasteiger partial charge < -0.3 is 19.7 Å². The van der Waals surface area contributed by atoms with Crippen LogP contribution < -0.4 is 0 Å². The highest BCUT2D eigenvalue weighted by atomic mass is 16.7. The molecule has 1 rings (SSSR count). The summed E-state index contributed by atoms with van der Waals surface area (Å²) in [7, 11) is 1.34. The van der Waals surface area contributed by atoms with Crippen LogP contribution >= 0.6 is 0 Å². The number of hydrogen-bond acceptors (Lipinski definition) is 5. The van der Waals surface area contributed by atoms with Gasteiger partial charge >= 0.3 is 0 Å². The highest BCUT2D eigenvalue weighted by molar-refractivity contribution is 5.83. The van der Waals surface area contributed by atoms with E-state index in [1.54, 1.807) is 0 Å². The van der Waals surface area contributed by atoms with Gasteiger partial charge in [-0.15, -0.1) is 0 Å². The minimum absolute atomic E-state index is 0.0241. The summed E-state index contributed by atoms with van der Waals surface area (Å²) in [5, 5.41) is 17.9. The molecule has 0 spiro atoms. The minimum Gasteiger partial charge on any atom is -0.394 e. The third-order valence-corrected chi connectivity index (χ3v) is 1.79. The number of carbonyl (C=O) groups excluding carboxylic acids is 1. The number of rotatable bonds is 2. The van der Waals surface area contributed by atoms with E-state index < -0.39 is 18.5 Å². The van der Waals surface area contributed by atoms with Gasteiger partial charge in [-0.1, -0.05) is 0 Å². The molecule has 0 aromatic carbocycles. The second-order valence-corrected chi connectivity index (χ2v) is 2.66. The Hall–Kier alpha value is -0.490. The average molecular weight is 176 g/mol. The Morgan fingerprint density at radius 3 is 2.92 bits per heavy atom. The molecule has 0 unspecified atom stereocenters. The molecule has 1 saturated heterocycles. The van der Waals surface area contributed by atoms with Crippen LogP contribution in [0.3, 0.4) is 0 Å². The lowest BCUT2D eigenvalue weighted by Gasteiger charge is -2.30. The maximum atomic E-state index is 11.0. The summed E-state index contributed by atoms with van der Waals surface area (Å²) < 4.78 is 9.63. The molecule has 0 bridgehead atoms. The maximum Gasteiger partial charge on any atom is 0.218 e. The lowest BCUT2D eigenvalue weighted by molar-refractivity contribution is -0.213. The van der Waals surface area contributed by atoms with E-state index in [4.69, 9.17) is 9.84 Å². The first-order chi connectivity index (χ1) is 5.69. The first kappa shape index (κ1) is 9.60. The maximum absolute atomic E-state index is 11.0. The van der Waals surface area contributed by atoms with E-state index in [2.05, 4.69) is 4.74 Å². The summed E-state index contributed by atoms with van der Waals surface area (Å²) in [5.74, 6) is -0.297. The van der Waals surface area contributed by atoms with Gasteiger partial charge in [0.1, 0.15) is 6.10 Å². The number of ketones is 1. The lowest BCUT2D eigenvalue weighted by Crippen LogP contribution is -2.47. The number of Topliss-reactive ketones (excluding diaryl/α,β-unsaturated/α-hetero) is 1. The normalized spacial score (nSPS) is 36.9. The molecule has 2 N–H and O–H groups in total. The van der Waals surface area contributed by atoms with Gasteiger partial charge in [-0.3, -0.25) is 4.79 Å². The number of aliphatic hydroxyl groups excluding tert-OH is 2. The SMILES string of the molecule is CO[C@@H]1O[C@H](CO)[C@H](O)CC1=O. The Morgan fingerprint density at radius 2 is 2.42 bits per heavy atom. The van der Waals surface area contributed by atoms with Crippen molar-refractivity contribution in [2.75, 3.05) is 13.7 Å². The van der Waals surface area contributed by atoms with E-state index in [0.717, 1.165) is 0 Å². The van der Waals surface area contributed by atoms with Gasteiger partial charge in [-0.25, -0.2) is 0 Å². The molecule has 3 atom stereocenters. The molecule has 1 heterocycles. The fourth-order valence-corrected chi connectivity index (χ4v) is 1.11. The van der Waals surface area contributed by atoms with Crippen molar-refractivity contribution in [2.45, 2.75) is 24.9 Å². The fraction of sp³-hybridized carbons (Fsp3) is 0.857. The highest BCUT2D eigenvalue weighted by Crippen LogP contribution is 2.16. The Balaban J connectivity index is 2.56. The summed E-state index contributed by atoms with van der Waals surface area (Å²) in [6.07, 6.45) is -2.60. The van der Waals surface area contributed by atoms with E-state index in [1.807, 2.05) is 0 Å². The van der Waals surface area contributed by atoms with Gasteiger partial charge in [0, 0.05) is 13.5 Å². The molecular weight excluding hydrogens is 164 g/mol. The fourth-order valence-electron chi connectivity index (χ4n) is 1.11. The third-order valence-electron chi connectivity index (χ3n) is 1.79. The molecule has 5 nitrogen and oxygen atoms in total. The van der Waals surface area contributed by atoms with Gasteiger partial charge in [0.05, 0.1) is 12.7 Å². The van der Waals surface area contributed by atoms with Crippen LogP contribution in [-0.4, -0.2) is 48.2 Å². The Labute approximate surface area is 69.9 Å². The number of ether oxygens (including phenoxy) is 2. The number of hydrogen-bond donors (Lipinski definition) is 2. The van der Waals surface area contributed by atoms with E-state index in [0.29, 0.717) is 0 Å². The van der Waals surface area contributed by atoms with Crippen LogP contribution in [0.15, 0.2) is 0 Å². The van der Waals surface area contributed by atoms with E-state index in [1.165, 1.54) is 7.11 Å². The third kappa shape index (κ3) is 1.81. The summed E-state index contributed by atoms with van der Waals surface area (Å²) >= 11 is 0. The molecule has 1 aliphatic rings. The first-order valence-electron chi connectivity index (χ1n) is 3.69. The number of methoxy groups -OCH3 is 1.